The fourth-order valence-corrected chi connectivity index (χ4v) is 2.10. The fourth-order valence-electron chi connectivity index (χ4n) is 2.10. The SMILES string of the molecule is O=C(c1nnc(-c2cccc(F)c2)o1)N1CCCC1. The molecule has 98 valence electrons. The molecule has 6 heteroatoms. The zero-order chi connectivity index (χ0) is 13.2. The van der Waals surface area contributed by atoms with Crippen molar-refractivity contribution in [2.75, 3.05) is 13.1 Å². The van der Waals surface area contributed by atoms with Crippen molar-refractivity contribution in [3.63, 3.8) is 0 Å². The first-order chi connectivity index (χ1) is 9.24. The summed E-state index contributed by atoms with van der Waals surface area (Å²) in [5, 5.41) is 7.53. The van der Waals surface area contributed by atoms with Crippen LogP contribution in [0.5, 0.6) is 0 Å². The summed E-state index contributed by atoms with van der Waals surface area (Å²) in [6.07, 6.45) is 1.99. The summed E-state index contributed by atoms with van der Waals surface area (Å²) in [4.78, 5) is 13.7. The van der Waals surface area contributed by atoms with Gasteiger partial charge < -0.3 is 9.32 Å². The number of benzene rings is 1. The van der Waals surface area contributed by atoms with Crippen molar-refractivity contribution in [3.05, 3.63) is 36.0 Å². The third-order valence-electron chi connectivity index (χ3n) is 3.07. The van der Waals surface area contributed by atoms with Crippen LogP contribution in [0.25, 0.3) is 11.5 Å². The lowest BCUT2D eigenvalue weighted by atomic mass is 10.2. The molecule has 1 saturated heterocycles. The Morgan fingerprint density at radius 2 is 2.05 bits per heavy atom. The van der Waals surface area contributed by atoms with Crippen molar-refractivity contribution in [3.8, 4) is 11.5 Å². The van der Waals surface area contributed by atoms with E-state index in [-0.39, 0.29) is 23.5 Å². The molecule has 1 amide bonds. The van der Waals surface area contributed by atoms with Crippen LogP contribution in [0.15, 0.2) is 28.7 Å². The zero-order valence-corrected chi connectivity index (χ0v) is 10.2. The molecule has 0 N–H and O–H groups in total. The topological polar surface area (TPSA) is 59.2 Å². The van der Waals surface area contributed by atoms with Gasteiger partial charge in [0.15, 0.2) is 0 Å². The molecule has 1 aromatic carbocycles. The molecular weight excluding hydrogens is 249 g/mol. The average molecular weight is 261 g/mol. The first-order valence-electron chi connectivity index (χ1n) is 6.13. The van der Waals surface area contributed by atoms with E-state index in [0.717, 1.165) is 25.9 Å². The first-order valence-corrected chi connectivity index (χ1v) is 6.13. The van der Waals surface area contributed by atoms with Gasteiger partial charge in [-0.05, 0) is 31.0 Å². The largest absolute Gasteiger partial charge is 0.412 e. The van der Waals surface area contributed by atoms with Crippen molar-refractivity contribution in [2.45, 2.75) is 12.8 Å². The highest BCUT2D eigenvalue weighted by Gasteiger charge is 2.24. The van der Waals surface area contributed by atoms with E-state index in [0.29, 0.717) is 5.56 Å². The van der Waals surface area contributed by atoms with Crippen LogP contribution < -0.4 is 0 Å². The van der Waals surface area contributed by atoms with E-state index < -0.39 is 0 Å². The summed E-state index contributed by atoms with van der Waals surface area (Å²) < 4.78 is 18.4. The minimum Gasteiger partial charge on any atom is -0.412 e. The maximum absolute atomic E-state index is 13.1. The number of carbonyl (C=O) groups is 1. The number of rotatable bonds is 2. The summed E-state index contributed by atoms with van der Waals surface area (Å²) in [6, 6.07) is 5.82. The molecule has 3 rings (SSSR count). The second-order valence-electron chi connectivity index (χ2n) is 4.42. The third-order valence-corrected chi connectivity index (χ3v) is 3.07. The minimum absolute atomic E-state index is 0.0406. The van der Waals surface area contributed by atoms with Crippen LogP contribution >= 0.6 is 0 Å². The average Bonchev–Trinajstić information content (AvgIpc) is 3.10. The Morgan fingerprint density at radius 3 is 2.79 bits per heavy atom. The normalized spacial score (nSPS) is 14.9. The van der Waals surface area contributed by atoms with Gasteiger partial charge in [0.05, 0.1) is 0 Å². The predicted molar refractivity (Wildman–Crippen MR) is 64.8 cm³/mol. The smallest absolute Gasteiger partial charge is 0.311 e. The Kier molecular flexibility index (Phi) is 2.98. The summed E-state index contributed by atoms with van der Waals surface area (Å²) in [5.41, 5.74) is 0.466. The molecule has 0 saturated carbocycles. The van der Waals surface area contributed by atoms with Crippen molar-refractivity contribution < 1.29 is 13.6 Å². The van der Waals surface area contributed by atoms with Gasteiger partial charge in [0.25, 0.3) is 0 Å². The lowest BCUT2D eigenvalue weighted by molar-refractivity contribution is 0.0754. The number of amides is 1. The Labute approximate surface area is 109 Å². The molecule has 1 aliphatic rings. The van der Waals surface area contributed by atoms with Crippen molar-refractivity contribution >= 4 is 5.91 Å². The van der Waals surface area contributed by atoms with Gasteiger partial charge >= 0.3 is 11.8 Å². The highest BCUT2D eigenvalue weighted by atomic mass is 19.1. The van der Waals surface area contributed by atoms with Crippen LogP contribution in [0.2, 0.25) is 0 Å². The van der Waals surface area contributed by atoms with E-state index in [4.69, 9.17) is 4.42 Å². The fraction of sp³-hybridized carbons (Fsp3) is 0.308. The molecule has 2 aromatic rings. The molecule has 1 aromatic heterocycles. The first kappa shape index (κ1) is 11.8. The molecule has 0 atom stereocenters. The molecule has 19 heavy (non-hydrogen) atoms. The van der Waals surface area contributed by atoms with Crippen LogP contribution in [0.3, 0.4) is 0 Å². The van der Waals surface area contributed by atoms with Gasteiger partial charge in [0, 0.05) is 18.7 Å². The van der Waals surface area contributed by atoms with Gasteiger partial charge in [0.1, 0.15) is 5.82 Å². The molecule has 1 fully saturated rings. The Bertz CT molecular complexity index is 605. The van der Waals surface area contributed by atoms with E-state index in [9.17, 15) is 9.18 Å². The predicted octanol–water partition coefficient (Wildman–Crippen LogP) is 2.11. The van der Waals surface area contributed by atoms with E-state index in [1.165, 1.54) is 12.1 Å². The van der Waals surface area contributed by atoms with Gasteiger partial charge in [-0.3, -0.25) is 4.79 Å². The van der Waals surface area contributed by atoms with Gasteiger partial charge in [-0.25, -0.2) is 4.39 Å². The number of aromatic nitrogens is 2. The maximum Gasteiger partial charge on any atom is 0.311 e. The summed E-state index contributed by atoms with van der Waals surface area (Å²) in [6.45, 7) is 1.44. The number of hydrogen-bond acceptors (Lipinski definition) is 4. The van der Waals surface area contributed by atoms with Gasteiger partial charge in [-0.1, -0.05) is 6.07 Å². The van der Waals surface area contributed by atoms with Crippen molar-refractivity contribution in [1.29, 1.82) is 0 Å². The monoisotopic (exact) mass is 261 g/mol. The molecule has 0 radical (unpaired) electrons. The standard InChI is InChI=1S/C13H12FN3O2/c14-10-5-3-4-9(8-10)11-15-16-12(19-11)13(18)17-6-1-2-7-17/h3-5,8H,1-2,6-7H2. The molecule has 5 nitrogen and oxygen atoms in total. The quantitative estimate of drug-likeness (QED) is 0.830. The van der Waals surface area contributed by atoms with E-state index in [1.54, 1.807) is 17.0 Å². The maximum atomic E-state index is 13.1. The molecule has 0 bridgehead atoms. The lowest BCUT2D eigenvalue weighted by Crippen LogP contribution is -2.27. The molecule has 0 aliphatic carbocycles. The summed E-state index contributed by atoms with van der Waals surface area (Å²) in [5.74, 6) is -0.529. The van der Waals surface area contributed by atoms with Crippen LogP contribution in [0.1, 0.15) is 23.5 Å². The highest BCUT2D eigenvalue weighted by Crippen LogP contribution is 2.20. The molecular formula is C13H12FN3O2. The number of hydrogen-bond donors (Lipinski definition) is 0. The van der Waals surface area contributed by atoms with E-state index in [1.807, 2.05) is 0 Å². The molecule has 0 unspecified atom stereocenters. The number of likely N-dealkylation sites (tertiary alicyclic amines) is 1. The van der Waals surface area contributed by atoms with Gasteiger partial charge in [0.2, 0.25) is 5.89 Å². The van der Waals surface area contributed by atoms with E-state index >= 15 is 0 Å². The summed E-state index contributed by atoms with van der Waals surface area (Å²) in [7, 11) is 0. The Morgan fingerprint density at radius 1 is 1.26 bits per heavy atom. The van der Waals surface area contributed by atoms with Gasteiger partial charge in [-0.2, -0.15) is 0 Å². The van der Waals surface area contributed by atoms with Gasteiger partial charge in [-0.15, -0.1) is 10.2 Å². The lowest BCUT2D eigenvalue weighted by Gasteiger charge is -2.11. The van der Waals surface area contributed by atoms with Crippen molar-refractivity contribution in [2.24, 2.45) is 0 Å². The minimum atomic E-state index is -0.386. The van der Waals surface area contributed by atoms with Crippen LogP contribution in [0, 0.1) is 5.82 Å². The third kappa shape index (κ3) is 2.33. The Balaban J connectivity index is 1.85. The molecule has 2 heterocycles. The number of halogens is 1. The highest BCUT2D eigenvalue weighted by molar-refractivity contribution is 5.89. The molecule has 0 spiro atoms. The summed E-state index contributed by atoms with van der Waals surface area (Å²) >= 11 is 0. The Hall–Kier alpha value is -2.24. The van der Waals surface area contributed by atoms with E-state index in [2.05, 4.69) is 10.2 Å². The van der Waals surface area contributed by atoms with Crippen LogP contribution in [-0.2, 0) is 0 Å². The van der Waals surface area contributed by atoms with Crippen LogP contribution in [0.4, 0.5) is 4.39 Å². The second-order valence-corrected chi connectivity index (χ2v) is 4.42. The number of carbonyl (C=O) groups excluding carboxylic acids is 1. The van der Waals surface area contributed by atoms with Crippen molar-refractivity contribution in [1.82, 2.24) is 15.1 Å². The zero-order valence-electron chi connectivity index (χ0n) is 10.2. The second kappa shape index (κ2) is 4.79. The number of nitrogens with zero attached hydrogens (tertiary/aromatic N) is 3. The molecule has 1 aliphatic heterocycles. The van der Waals surface area contributed by atoms with Crippen LogP contribution in [-0.4, -0.2) is 34.1 Å².